The van der Waals surface area contributed by atoms with Gasteiger partial charge in [-0.2, -0.15) is 0 Å². The summed E-state index contributed by atoms with van der Waals surface area (Å²) in [7, 11) is 4.31. The minimum Gasteiger partial charge on any atom is -0.496 e. The van der Waals surface area contributed by atoms with Crippen LogP contribution in [0.1, 0.15) is 25.5 Å². The molecule has 0 aliphatic carbocycles. The third kappa shape index (κ3) is 2.26. The van der Waals surface area contributed by atoms with Gasteiger partial charge < -0.3 is 9.47 Å². The summed E-state index contributed by atoms with van der Waals surface area (Å²) in [4.78, 5) is 39.7. The molecule has 1 aromatic carbocycles. The van der Waals surface area contributed by atoms with Crippen molar-refractivity contribution in [1.82, 2.24) is 10.2 Å². The Bertz CT molecular complexity index is 762. The lowest BCUT2D eigenvalue weighted by molar-refractivity contribution is -0.156. The molecule has 2 aliphatic rings. The first-order valence-corrected chi connectivity index (χ1v) is 8.61. The Balaban J connectivity index is 2.21. The number of nitrogens with one attached hydrogen (secondary N) is 1. The van der Waals surface area contributed by atoms with Crippen molar-refractivity contribution in [3.05, 3.63) is 29.8 Å². The van der Waals surface area contributed by atoms with Crippen molar-refractivity contribution in [1.29, 1.82) is 0 Å². The summed E-state index contributed by atoms with van der Waals surface area (Å²) in [6, 6.07) is 6.78. The van der Waals surface area contributed by atoms with Gasteiger partial charge in [0.25, 0.3) is 0 Å². The smallest absolute Gasteiger partial charge is 0.327 e. The Kier molecular flexibility index (Phi) is 4.52. The first-order chi connectivity index (χ1) is 12.3. The molecule has 1 N–H and O–H groups in total. The van der Waals surface area contributed by atoms with Gasteiger partial charge in [-0.3, -0.25) is 24.6 Å². The molecule has 0 bridgehead atoms. The van der Waals surface area contributed by atoms with Crippen molar-refractivity contribution < 1.29 is 23.9 Å². The Hall–Kier alpha value is -2.41. The SMILES string of the molecule is COC(=O)C1(C(C)C)NC(c2ccccc2OC)C2C(=O)N(C)C(=O)C21. The molecule has 4 unspecified atom stereocenters. The molecule has 4 atom stereocenters. The Morgan fingerprint density at radius 3 is 2.42 bits per heavy atom. The quantitative estimate of drug-likeness (QED) is 0.640. The van der Waals surface area contributed by atoms with E-state index in [1.54, 1.807) is 13.2 Å². The lowest BCUT2D eigenvalue weighted by atomic mass is 9.73. The lowest BCUT2D eigenvalue weighted by Gasteiger charge is -2.35. The van der Waals surface area contributed by atoms with Crippen LogP contribution in [0.5, 0.6) is 5.75 Å². The van der Waals surface area contributed by atoms with E-state index >= 15 is 0 Å². The van der Waals surface area contributed by atoms with Crippen LogP contribution in [0.15, 0.2) is 24.3 Å². The van der Waals surface area contributed by atoms with Crippen LogP contribution in [-0.4, -0.2) is 49.5 Å². The van der Waals surface area contributed by atoms with Crippen molar-refractivity contribution in [2.75, 3.05) is 21.3 Å². The highest BCUT2D eigenvalue weighted by Gasteiger charge is 2.69. The molecule has 3 rings (SSSR count). The van der Waals surface area contributed by atoms with Crippen LogP contribution in [0, 0.1) is 17.8 Å². The second-order valence-corrected chi connectivity index (χ2v) is 7.12. The number of carbonyl (C=O) groups is 3. The molecule has 0 spiro atoms. The summed E-state index contributed by atoms with van der Waals surface area (Å²) in [5.74, 6) is -2.35. The number of hydrogen-bond donors (Lipinski definition) is 1. The van der Waals surface area contributed by atoms with E-state index in [1.165, 1.54) is 14.2 Å². The number of benzene rings is 1. The zero-order chi connectivity index (χ0) is 19.2. The highest BCUT2D eigenvalue weighted by molar-refractivity contribution is 6.09. The fraction of sp³-hybridized carbons (Fsp3) is 0.526. The average Bonchev–Trinajstić information content (AvgIpc) is 3.12. The second-order valence-electron chi connectivity index (χ2n) is 7.12. The predicted molar refractivity (Wildman–Crippen MR) is 93.2 cm³/mol. The van der Waals surface area contributed by atoms with Crippen LogP contribution in [0.2, 0.25) is 0 Å². The standard InChI is InChI=1S/C19H24N2O5/c1-10(2)19(18(24)26-5)14-13(16(22)21(3)17(14)23)15(20-19)11-8-6-7-9-12(11)25-4/h6-10,13-15,20H,1-5H3. The van der Waals surface area contributed by atoms with Crippen molar-refractivity contribution in [2.45, 2.75) is 25.4 Å². The first-order valence-electron chi connectivity index (χ1n) is 8.61. The van der Waals surface area contributed by atoms with Gasteiger partial charge in [0.05, 0.1) is 26.1 Å². The van der Waals surface area contributed by atoms with E-state index in [-0.39, 0.29) is 17.7 Å². The number of likely N-dealkylation sites (tertiary alicyclic amines) is 1. The Morgan fingerprint density at radius 2 is 1.85 bits per heavy atom. The van der Waals surface area contributed by atoms with E-state index in [4.69, 9.17) is 9.47 Å². The van der Waals surface area contributed by atoms with E-state index in [0.717, 1.165) is 10.5 Å². The van der Waals surface area contributed by atoms with E-state index in [9.17, 15) is 14.4 Å². The number of nitrogens with zero attached hydrogens (tertiary/aromatic N) is 1. The molecule has 140 valence electrons. The molecule has 7 nitrogen and oxygen atoms in total. The third-order valence-corrected chi connectivity index (χ3v) is 5.72. The maximum absolute atomic E-state index is 12.9. The maximum Gasteiger partial charge on any atom is 0.327 e. The summed E-state index contributed by atoms with van der Waals surface area (Å²) in [5, 5.41) is 3.31. The molecule has 2 heterocycles. The van der Waals surface area contributed by atoms with Crippen molar-refractivity contribution >= 4 is 17.8 Å². The molecule has 2 fully saturated rings. The molecule has 2 saturated heterocycles. The van der Waals surface area contributed by atoms with Gasteiger partial charge in [-0.15, -0.1) is 0 Å². The number of carbonyl (C=O) groups excluding carboxylic acids is 3. The lowest BCUT2D eigenvalue weighted by Crippen LogP contribution is -2.59. The first kappa shape index (κ1) is 18.4. The normalized spacial score (nSPS) is 30.7. The van der Waals surface area contributed by atoms with Crippen LogP contribution < -0.4 is 10.1 Å². The highest BCUT2D eigenvalue weighted by atomic mass is 16.5. The number of ether oxygens (including phenoxy) is 2. The van der Waals surface area contributed by atoms with Gasteiger partial charge in [0.15, 0.2) is 0 Å². The molecule has 0 radical (unpaired) electrons. The van der Waals surface area contributed by atoms with Gasteiger partial charge >= 0.3 is 5.97 Å². The zero-order valence-electron chi connectivity index (χ0n) is 15.6. The van der Waals surface area contributed by atoms with Crippen LogP contribution in [0.4, 0.5) is 0 Å². The third-order valence-electron chi connectivity index (χ3n) is 5.72. The molecular weight excluding hydrogens is 336 g/mol. The van der Waals surface area contributed by atoms with Gasteiger partial charge in [-0.05, 0) is 12.0 Å². The molecule has 1 aromatic rings. The van der Waals surface area contributed by atoms with Gasteiger partial charge in [-0.1, -0.05) is 32.0 Å². The molecule has 0 saturated carbocycles. The molecule has 0 aromatic heterocycles. The number of hydrogen-bond acceptors (Lipinski definition) is 6. The number of fused-ring (bicyclic) bond motifs is 1. The number of amides is 2. The van der Waals surface area contributed by atoms with E-state index in [1.807, 2.05) is 32.0 Å². The minimum absolute atomic E-state index is 0.259. The predicted octanol–water partition coefficient (Wildman–Crippen LogP) is 1.14. The van der Waals surface area contributed by atoms with Crippen molar-refractivity contribution in [2.24, 2.45) is 17.8 Å². The fourth-order valence-corrected chi connectivity index (χ4v) is 4.40. The molecule has 2 amide bonds. The summed E-state index contributed by atoms with van der Waals surface area (Å²) in [6.07, 6.45) is 0. The zero-order valence-corrected chi connectivity index (χ0v) is 15.6. The number of para-hydroxylation sites is 1. The average molecular weight is 360 g/mol. The van der Waals surface area contributed by atoms with Crippen molar-refractivity contribution in [3.63, 3.8) is 0 Å². The molecular formula is C19H24N2O5. The van der Waals surface area contributed by atoms with Gasteiger partial charge in [0, 0.05) is 18.7 Å². The summed E-state index contributed by atoms with van der Waals surface area (Å²) >= 11 is 0. The van der Waals surface area contributed by atoms with Crippen LogP contribution in [-0.2, 0) is 19.1 Å². The maximum atomic E-state index is 12.9. The van der Waals surface area contributed by atoms with Crippen LogP contribution >= 0.6 is 0 Å². The number of imide groups is 1. The molecule has 7 heteroatoms. The fourth-order valence-electron chi connectivity index (χ4n) is 4.40. The molecule has 26 heavy (non-hydrogen) atoms. The Morgan fingerprint density at radius 1 is 1.19 bits per heavy atom. The number of methoxy groups -OCH3 is 2. The summed E-state index contributed by atoms with van der Waals surface area (Å²) in [6.45, 7) is 3.70. The van der Waals surface area contributed by atoms with Crippen LogP contribution in [0.3, 0.4) is 0 Å². The number of esters is 1. The van der Waals surface area contributed by atoms with E-state index in [0.29, 0.717) is 5.75 Å². The van der Waals surface area contributed by atoms with Gasteiger partial charge in [0.1, 0.15) is 11.3 Å². The number of rotatable bonds is 4. The largest absolute Gasteiger partial charge is 0.496 e. The van der Waals surface area contributed by atoms with Gasteiger partial charge in [-0.25, -0.2) is 0 Å². The summed E-state index contributed by atoms with van der Waals surface area (Å²) in [5.41, 5.74) is -0.532. The summed E-state index contributed by atoms with van der Waals surface area (Å²) < 4.78 is 10.5. The van der Waals surface area contributed by atoms with Gasteiger partial charge in [0.2, 0.25) is 11.8 Å². The Labute approximate surface area is 152 Å². The van der Waals surface area contributed by atoms with E-state index in [2.05, 4.69) is 5.32 Å². The monoisotopic (exact) mass is 360 g/mol. The highest BCUT2D eigenvalue weighted by Crippen LogP contribution is 2.52. The van der Waals surface area contributed by atoms with E-state index < -0.39 is 29.4 Å². The molecule has 2 aliphatic heterocycles. The van der Waals surface area contributed by atoms with Crippen molar-refractivity contribution in [3.8, 4) is 5.75 Å². The van der Waals surface area contributed by atoms with Crippen LogP contribution in [0.25, 0.3) is 0 Å². The topological polar surface area (TPSA) is 84.9 Å². The minimum atomic E-state index is -1.28. The second kappa shape index (κ2) is 6.39.